The maximum Gasteiger partial charge on any atom is 0.239 e. The number of ketones is 1. The number of hydrogen-bond acceptors (Lipinski definition) is 4. The lowest BCUT2D eigenvalue weighted by Gasteiger charge is -2.29. The molecule has 1 aliphatic rings. The van der Waals surface area contributed by atoms with Gasteiger partial charge >= 0.3 is 0 Å². The van der Waals surface area contributed by atoms with Crippen LogP contribution in [0.1, 0.15) is 41.2 Å². The van der Waals surface area contributed by atoms with Gasteiger partial charge in [-0.25, -0.2) is 0 Å². The molecule has 1 amide bonds. The summed E-state index contributed by atoms with van der Waals surface area (Å²) in [7, 11) is 0. The normalized spacial score (nSPS) is 16.7. The second kappa shape index (κ2) is 6.22. The van der Waals surface area contributed by atoms with Crippen LogP contribution < -0.4 is 0 Å². The van der Waals surface area contributed by atoms with Crippen molar-refractivity contribution in [2.45, 2.75) is 25.2 Å². The van der Waals surface area contributed by atoms with E-state index in [0.29, 0.717) is 11.3 Å². The minimum Gasteiger partial charge on any atom is -0.342 e. The Morgan fingerprint density at radius 1 is 1.24 bits per heavy atom. The van der Waals surface area contributed by atoms with Crippen LogP contribution in [-0.4, -0.2) is 39.9 Å². The predicted octanol–water partition coefficient (Wildman–Crippen LogP) is 2.45. The highest BCUT2D eigenvalue weighted by atomic mass is 32.1. The molecule has 2 aromatic heterocycles. The molecule has 6 heteroatoms. The summed E-state index contributed by atoms with van der Waals surface area (Å²) in [5.74, 6) is -1.08. The maximum atomic E-state index is 12.8. The lowest BCUT2D eigenvalue weighted by atomic mass is 9.94. The molecule has 0 saturated carbocycles. The van der Waals surface area contributed by atoms with E-state index in [0.717, 1.165) is 32.4 Å². The number of aromatic nitrogens is 2. The standard InChI is InChI=1S/C15H17N3O2S/c19-14(11-5-9-21-10-11)13(12-4-6-16-17-12)15(20)18-7-2-1-3-8-18/h4-6,9-10,13H,1-3,7-8H2,(H,16,17). The first-order chi connectivity index (χ1) is 10.3. The smallest absolute Gasteiger partial charge is 0.239 e. The number of likely N-dealkylation sites (tertiary alicyclic amines) is 1. The van der Waals surface area contributed by atoms with E-state index >= 15 is 0 Å². The number of piperidine rings is 1. The molecule has 0 spiro atoms. The summed E-state index contributed by atoms with van der Waals surface area (Å²) in [5, 5.41) is 10.3. The van der Waals surface area contributed by atoms with Gasteiger partial charge in [0, 0.05) is 30.2 Å². The van der Waals surface area contributed by atoms with Gasteiger partial charge in [0.2, 0.25) is 5.91 Å². The average molecular weight is 303 g/mol. The fourth-order valence-corrected chi connectivity index (χ4v) is 3.33. The molecule has 0 bridgehead atoms. The van der Waals surface area contributed by atoms with Gasteiger partial charge in [-0.3, -0.25) is 14.7 Å². The lowest BCUT2D eigenvalue weighted by Crippen LogP contribution is -2.41. The van der Waals surface area contributed by atoms with Crippen LogP contribution in [0.25, 0.3) is 0 Å². The van der Waals surface area contributed by atoms with Gasteiger partial charge in [0.05, 0.1) is 5.69 Å². The number of nitrogens with zero attached hydrogens (tertiary/aromatic N) is 2. The SMILES string of the molecule is O=C(c1ccsc1)C(C(=O)N1CCCCC1)c1ccn[nH]1. The molecule has 0 radical (unpaired) electrons. The minimum absolute atomic E-state index is 0.116. The van der Waals surface area contributed by atoms with E-state index in [1.54, 1.807) is 28.6 Å². The molecule has 1 aliphatic heterocycles. The highest BCUT2D eigenvalue weighted by Crippen LogP contribution is 2.24. The Morgan fingerprint density at radius 3 is 2.67 bits per heavy atom. The third-order valence-corrected chi connectivity index (χ3v) is 4.50. The number of carbonyl (C=O) groups is 2. The number of hydrogen-bond donors (Lipinski definition) is 1. The number of thiophene rings is 1. The highest BCUT2D eigenvalue weighted by Gasteiger charge is 2.34. The molecule has 0 aromatic carbocycles. The third kappa shape index (κ3) is 2.90. The Balaban J connectivity index is 1.89. The second-order valence-corrected chi connectivity index (χ2v) is 5.99. The predicted molar refractivity (Wildman–Crippen MR) is 80.4 cm³/mol. The number of amides is 1. The van der Waals surface area contributed by atoms with E-state index in [1.807, 2.05) is 5.38 Å². The number of aromatic amines is 1. The van der Waals surface area contributed by atoms with Crippen molar-refractivity contribution in [3.63, 3.8) is 0 Å². The van der Waals surface area contributed by atoms with Crippen molar-refractivity contribution < 1.29 is 9.59 Å². The van der Waals surface area contributed by atoms with Crippen LogP contribution in [0.3, 0.4) is 0 Å². The number of rotatable bonds is 4. The van der Waals surface area contributed by atoms with Crippen LogP contribution in [-0.2, 0) is 4.79 Å². The van der Waals surface area contributed by atoms with E-state index in [-0.39, 0.29) is 11.7 Å². The summed E-state index contributed by atoms with van der Waals surface area (Å²) >= 11 is 1.46. The zero-order chi connectivity index (χ0) is 14.7. The van der Waals surface area contributed by atoms with Crippen LogP contribution in [0.4, 0.5) is 0 Å². The van der Waals surface area contributed by atoms with Crippen molar-refractivity contribution in [2.24, 2.45) is 0 Å². The van der Waals surface area contributed by atoms with Gasteiger partial charge in [-0.2, -0.15) is 16.4 Å². The molecule has 1 N–H and O–H groups in total. The summed E-state index contributed by atoms with van der Waals surface area (Å²) in [4.78, 5) is 27.3. The Labute approximate surface area is 127 Å². The van der Waals surface area contributed by atoms with Crippen molar-refractivity contribution in [1.29, 1.82) is 0 Å². The first-order valence-corrected chi connectivity index (χ1v) is 8.06. The Kier molecular flexibility index (Phi) is 4.15. The van der Waals surface area contributed by atoms with Gasteiger partial charge in [-0.1, -0.05) is 0 Å². The molecule has 3 heterocycles. The molecule has 0 aliphatic carbocycles. The minimum atomic E-state index is -0.805. The van der Waals surface area contributed by atoms with Crippen LogP contribution in [0.5, 0.6) is 0 Å². The van der Waals surface area contributed by atoms with Crippen LogP contribution in [0.2, 0.25) is 0 Å². The lowest BCUT2D eigenvalue weighted by molar-refractivity contribution is -0.132. The van der Waals surface area contributed by atoms with E-state index in [9.17, 15) is 9.59 Å². The second-order valence-electron chi connectivity index (χ2n) is 5.21. The third-order valence-electron chi connectivity index (χ3n) is 3.82. The van der Waals surface area contributed by atoms with Gasteiger partial charge in [-0.15, -0.1) is 0 Å². The van der Waals surface area contributed by atoms with Gasteiger partial charge in [0.15, 0.2) is 5.78 Å². The highest BCUT2D eigenvalue weighted by molar-refractivity contribution is 7.08. The van der Waals surface area contributed by atoms with E-state index in [2.05, 4.69) is 10.2 Å². The van der Waals surface area contributed by atoms with Crippen molar-refractivity contribution in [3.05, 3.63) is 40.3 Å². The molecular formula is C15H17N3O2S. The van der Waals surface area contributed by atoms with Crippen molar-refractivity contribution in [1.82, 2.24) is 15.1 Å². The quantitative estimate of drug-likeness (QED) is 0.697. The van der Waals surface area contributed by atoms with Crippen molar-refractivity contribution in [3.8, 4) is 0 Å². The Hall–Kier alpha value is -1.95. The van der Waals surface area contributed by atoms with Gasteiger partial charge in [-0.05, 0) is 36.8 Å². The molecule has 110 valence electrons. The van der Waals surface area contributed by atoms with Gasteiger partial charge < -0.3 is 4.90 Å². The molecule has 21 heavy (non-hydrogen) atoms. The van der Waals surface area contributed by atoms with Gasteiger partial charge in [0.25, 0.3) is 0 Å². The van der Waals surface area contributed by atoms with Crippen LogP contribution in [0, 0.1) is 0 Å². The molecule has 2 aromatic rings. The molecule has 5 nitrogen and oxygen atoms in total. The van der Waals surface area contributed by atoms with E-state index in [4.69, 9.17) is 0 Å². The number of nitrogens with one attached hydrogen (secondary N) is 1. The number of Topliss-reactive ketones (excluding diaryl/α,β-unsaturated/α-hetero) is 1. The summed E-state index contributed by atoms with van der Waals surface area (Å²) in [6.45, 7) is 1.47. The first-order valence-electron chi connectivity index (χ1n) is 7.12. The monoisotopic (exact) mass is 303 g/mol. The van der Waals surface area contributed by atoms with Crippen LogP contribution in [0.15, 0.2) is 29.1 Å². The summed E-state index contributed by atoms with van der Waals surface area (Å²) < 4.78 is 0. The van der Waals surface area contributed by atoms with Crippen molar-refractivity contribution in [2.75, 3.05) is 13.1 Å². The Morgan fingerprint density at radius 2 is 2.05 bits per heavy atom. The fourth-order valence-electron chi connectivity index (χ4n) is 2.68. The summed E-state index contributed by atoms with van der Waals surface area (Å²) in [6.07, 6.45) is 4.74. The zero-order valence-electron chi connectivity index (χ0n) is 11.6. The number of H-pyrrole nitrogens is 1. The fraction of sp³-hybridized carbons (Fsp3) is 0.400. The maximum absolute atomic E-state index is 12.8. The average Bonchev–Trinajstić information content (AvgIpc) is 3.21. The largest absolute Gasteiger partial charge is 0.342 e. The summed E-state index contributed by atoms with van der Waals surface area (Å²) in [6, 6.07) is 3.47. The topological polar surface area (TPSA) is 66.1 Å². The van der Waals surface area contributed by atoms with Gasteiger partial charge in [0.1, 0.15) is 5.92 Å². The molecular weight excluding hydrogens is 286 g/mol. The van der Waals surface area contributed by atoms with Crippen LogP contribution >= 0.6 is 11.3 Å². The molecule has 1 saturated heterocycles. The molecule has 1 unspecified atom stereocenters. The molecule has 1 fully saturated rings. The van der Waals surface area contributed by atoms with Crippen molar-refractivity contribution >= 4 is 23.0 Å². The van der Waals surface area contributed by atoms with E-state index in [1.165, 1.54) is 11.3 Å². The first kappa shape index (κ1) is 14.0. The van der Waals surface area contributed by atoms with E-state index < -0.39 is 5.92 Å². The molecule has 3 rings (SSSR count). The zero-order valence-corrected chi connectivity index (χ0v) is 12.4. The summed E-state index contributed by atoms with van der Waals surface area (Å²) in [5.41, 5.74) is 1.16. The molecule has 1 atom stereocenters. The number of carbonyl (C=O) groups excluding carboxylic acids is 2. The Bertz CT molecular complexity index is 601.